The number of fused-ring (bicyclic) bond motifs is 1. The molecule has 0 unspecified atom stereocenters. The minimum absolute atomic E-state index is 0.0202. The second kappa shape index (κ2) is 8.25. The number of halogens is 1. The van der Waals surface area contributed by atoms with Crippen LogP contribution in [-0.2, 0) is 4.74 Å². The Balaban J connectivity index is 1.69. The fourth-order valence-corrected chi connectivity index (χ4v) is 2.80. The Morgan fingerprint density at radius 2 is 1.96 bits per heavy atom. The van der Waals surface area contributed by atoms with Crippen molar-refractivity contribution in [1.29, 1.82) is 0 Å². The van der Waals surface area contributed by atoms with E-state index in [-0.39, 0.29) is 29.8 Å². The van der Waals surface area contributed by atoms with Gasteiger partial charge < -0.3 is 14.5 Å². The molecule has 0 aliphatic carbocycles. The van der Waals surface area contributed by atoms with E-state index in [1.807, 2.05) is 13.8 Å². The molecule has 1 N–H and O–H groups in total. The van der Waals surface area contributed by atoms with Crippen molar-refractivity contribution in [2.75, 3.05) is 18.5 Å². The number of benzene rings is 2. The average molecular weight is 383 g/mol. The Morgan fingerprint density at radius 1 is 1.18 bits per heavy atom. The highest BCUT2D eigenvalue weighted by atomic mass is 19.1. The van der Waals surface area contributed by atoms with Gasteiger partial charge in [0.05, 0.1) is 18.7 Å². The van der Waals surface area contributed by atoms with E-state index >= 15 is 0 Å². The maximum Gasteiger partial charge on any atom is 0.338 e. The molecule has 0 aliphatic heterocycles. The van der Waals surface area contributed by atoms with Crippen molar-refractivity contribution in [1.82, 2.24) is 0 Å². The number of furan rings is 1. The number of hydrogen-bond donors (Lipinski definition) is 1. The van der Waals surface area contributed by atoms with Gasteiger partial charge in [0.2, 0.25) is 5.78 Å². The van der Waals surface area contributed by atoms with Gasteiger partial charge in [0.25, 0.3) is 0 Å². The molecule has 0 atom stereocenters. The van der Waals surface area contributed by atoms with Crippen LogP contribution < -0.4 is 5.32 Å². The number of anilines is 1. The van der Waals surface area contributed by atoms with Crippen LogP contribution in [0.2, 0.25) is 0 Å². The van der Waals surface area contributed by atoms with Crippen molar-refractivity contribution in [3.05, 3.63) is 65.2 Å². The van der Waals surface area contributed by atoms with E-state index in [0.29, 0.717) is 34.4 Å². The van der Waals surface area contributed by atoms with Crippen molar-refractivity contribution >= 4 is 28.4 Å². The first-order valence-corrected chi connectivity index (χ1v) is 9.08. The van der Waals surface area contributed by atoms with E-state index in [1.165, 1.54) is 18.2 Å². The van der Waals surface area contributed by atoms with Crippen LogP contribution in [0.5, 0.6) is 0 Å². The van der Waals surface area contributed by atoms with Crippen molar-refractivity contribution in [2.24, 2.45) is 5.92 Å². The molecule has 28 heavy (non-hydrogen) atoms. The van der Waals surface area contributed by atoms with Gasteiger partial charge in [-0.05, 0) is 49.2 Å². The molecule has 5 nitrogen and oxygen atoms in total. The number of ether oxygens (including phenoxy) is 1. The van der Waals surface area contributed by atoms with Crippen LogP contribution in [0, 0.1) is 18.7 Å². The first kappa shape index (κ1) is 19.6. The lowest BCUT2D eigenvalue weighted by atomic mass is 10.1. The molecule has 1 aromatic heterocycles. The molecule has 2 aromatic carbocycles. The summed E-state index contributed by atoms with van der Waals surface area (Å²) >= 11 is 0. The average Bonchev–Trinajstić information content (AvgIpc) is 3.00. The summed E-state index contributed by atoms with van der Waals surface area (Å²) in [5, 5.41) is 3.58. The number of carbonyl (C=O) groups excluding carboxylic acids is 2. The molecule has 0 aliphatic rings. The van der Waals surface area contributed by atoms with Crippen LogP contribution in [0.3, 0.4) is 0 Å². The predicted molar refractivity (Wildman–Crippen MR) is 105 cm³/mol. The van der Waals surface area contributed by atoms with Gasteiger partial charge in [0.15, 0.2) is 5.76 Å². The van der Waals surface area contributed by atoms with Crippen LogP contribution in [0.4, 0.5) is 10.1 Å². The molecule has 1 heterocycles. The maximum absolute atomic E-state index is 13.4. The molecule has 146 valence electrons. The standard InChI is InChI=1S/C22H22FNO4/c1-13(2)12-27-22(26)15-5-4-6-17(9-15)24-11-19(25)21-14(3)18-10-16(23)7-8-20(18)28-21/h4-10,13,24H,11-12H2,1-3H3. The van der Waals surface area contributed by atoms with E-state index < -0.39 is 5.97 Å². The number of Topliss-reactive ketones (excluding diaryl/α,β-unsaturated/α-hetero) is 1. The summed E-state index contributed by atoms with van der Waals surface area (Å²) in [6.45, 7) is 5.98. The lowest BCUT2D eigenvalue weighted by Gasteiger charge is -2.09. The van der Waals surface area contributed by atoms with Crippen LogP contribution in [0.25, 0.3) is 11.0 Å². The van der Waals surface area contributed by atoms with E-state index in [1.54, 1.807) is 31.2 Å². The zero-order valence-corrected chi connectivity index (χ0v) is 16.0. The normalized spacial score (nSPS) is 11.0. The highest BCUT2D eigenvalue weighted by Crippen LogP contribution is 2.26. The maximum atomic E-state index is 13.4. The molecule has 6 heteroatoms. The van der Waals surface area contributed by atoms with Gasteiger partial charge in [0, 0.05) is 16.6 Å². The second-order valence-corrected chi connectivity index (χ2v) is 7.05. The highest BCUT2D eigenvalue weighted by Gasteiger charge is 2.18. The van der Waals surface area contributed by atoms with Gasteiger partial charge in [-0.15, -0.1) is 0 Å². The smallest absolute Gasteiger partial charge is 0.338 e. The Hall–Kier alpha value is -3.15. The fraction of sp³-hybridized carbons (Fsp3) is 0.273. The summed E-state index contributed by atoms with van der Waals surface area (Å²) in [4.78, 5) is 24.6. The number of esters is 1. The second-order valence-electron chi connectivity index (χ2n) is 7.05. The summed E-state index contributed by atoms with van der Waals surface area (Å²) in [7, 11) is 0. The number of nitrogens with one attached hydrogen (secondary N) is 1. The van der Waals surface area contributed by atoms with E-state index in [0.717, 1.165) is 0 Å². The lowest BCUT2D eigenvalue weighted by Crippen LogP contribution is -2.15. The topological polar surface area (TPSA) is 68.5 Å². The monoisotopic (exact) mass is 383 g/mol. The van der Waals surface area contributed by atoms with Crippen molar-refractivity contribution in [2.45, 2.75) is 20.8 Å². The quantitative estimate of drug-likeness (QED) is 0.460. The zero-order chi connectivity index (χ0) is 20.3. The van der Waals surface area contributed by atoms with Gasteiger partial charge in [-0.25, -0.2) is 9.18 Å². The Labute approximate surface area is 162 Å². The van der Waals surface area contributed by atoms with E-state index in [9.17, 15) is 14.0 Å². The molecule has 0 saturated carbocycles. The van der Waals surface area contributed by atoms with Gasteiger partial charge in [-0.3, -0.25) is 4.79 Å². The zero-order valence-electron chi connectivity index (χ0n) is 16.0. The van der Waals surface area contributed by atoms with Crippen LogP contribution in [0.1, 0.15) is 40.3 Å². The Kier molecular flexibility index (Phi) is 5.78. The molecule has 0 bridgehead atoms. The van der Waals surface area contributed by atoms with Gasteiger partial charge in [-0.2, -0.15) is 0 Å². The van der Waals surface area contributed by atoms with Crippen LogP contribution in [-0.4, -0.2) is 24.9 Å². The number of carbonyl (C=O) groups is 2. The lowest BCUT2D eigenvalue weighted by molar-refractivity contribution is 0.0459. The molecule has 0 spiro atoms. The van der Waals surface area contributed by atoms with Crippen LogP contribution in [0.15, 0.2) is 46.9 Å². The minimum Gasteiger partial charge on any atom is -0.462 e. The van der Waals surface area contributed by atoms with Crippen molar-refractivity contribution in [3.8, 4) is 0 Å². The van der Waals surface area contributed by atoms with Gasteiger partial charge in [0.1, 0.15) is 11.4 Å². The first-order chi connectivity index (χ1) is 13.3. The van der Waals surface area contributed by atoms with E-state index in [2.05, 4.69) is 5.32 Å². The third kappa shape index (κ3) is 4.39. The third-order valence-electron chi connectivity index (χ3n) is 4.25. The molecular weight excluding hydrogens is 361 g/mol. The Bertz CT molecular complexity index is 1020. The molecule has 0 amide bonds. The summed E-state index contributed by atoms with van der Waals surface area (Å²) < 4.78 is 24.2. The van der Waals surface area contributed by atoms with E-state index in [4.69, 9.17) is 9.15 Å². The van der Waals surface area contributed by atoms with Gasteiger partial charge in [-0.1, -0.05) is 19.9 Å². The molecule has 0 saturated heterocycles. The number of hydrogen-bond acceptors (Lipinski definition) is 5. The number of aryl methyl sites for hydroxylation is 1. The minimum atomic E-state index is -0.404. The summed E-state index contributed by atoms with van der Waals surface area (Å²) in [6.07, 6.45) is 0. The molecule has 0 fully saturated rings. The third-order valence-corrected chi connectivity index (χ3v) is 4.25. The largest absolute Gasteiger partial charge is 0.462 e. The predicted octanol–water partition coefficient (Wildman–Crippen LogP) is 4.99. The first-order valence-electron chi connectivity index (χ1n) is 9.08. The van der Waals surface area contributed by atoms with Crippen molar-refractivity contribution < 1.29 is 23.1 Å². The van der Waals surface area contributed by atoms with Crippen LogP contribution >= 0.6 is 0 Å². The SMILES string of the molecule is Cc1c(C(=O)CNc2cccc(C(=O)OCC(C)C)c2)oc2ccc(F)cc12. The molecule has 0 radical (unpaired) electrons. The van der Waals surface area contributed by atoms with Gasteiger partial charge >= 0.3 is 5.97 Å². The summed E-state index contributed by atoms with van der Waals surface area (Å²) in [5.74, 6) is -0.598. The highest BCUT2D eigenvalue weighted by molar-refractivity contribution is 6.02. The molecule has 3 rings (SSSR count). The Morgan fingerprint density at radius 3 is 2.71 bits per heavy atom. The summed E-state index contributed by atoms with van der Waals surface area (Å²) in [6, 6.07) is 10.9. The van der Waals surface area contributed by atoms with Crippen molar-refractivity contribution in [3.63, 3.8) is 0 Å². The number of ketones is 1. The fourth-order valence-electron chi connectivity index (χ4n) is 2.80. The molecular formula is C22H22FNO4. The summed E-state index contributed by atoms with van der Waals surface area (Å²) in [5.41, 5.74) is 2.10. The molecule has 3 aromatic rings. The number of rotatable bonds is 7.